The maximum absolute atomic E-state index is 12.1. The fourth-order valence-corrected chi connectivity index (χ4v) is 2.62. The van der Waals surface area contributed by atoms with E-state index in [2.05, 4.69) is 10.0 Å². The first-order valence-electron chi connectivity index (χ1n) is 6.62. The van der Waals surface area contributed by atoms with E-state index in [1.165, 1.54) is 25.1 Å². The zero-order valence-electron chi connectivity index (χ0n) is 12.3. The number of Topliss-reactive ketones (excluding diaryl/α,β-unsaturated/α-hetero) is 1. The number of nitrogens with one attached hydrogen (secondary N) is 2. The summed E-state index contributed by atoms with van der Waals surface area (Å²) in [5, 5.41) is 2.62. The fourth-order valence-electron chi connectivity index (χ4n) is 1.54. The number of sulfonamides is 1. The Balaban J connectivity index is 2.64. The Bertz CT molecular complexity index is 624. The van der Waals surface area contributed by atoms with Gasteiger partial charge in [0.15, 0.2) is 5.78 Å². The zero-order chi connectivity index (χ0) is 16.0. The zero-order valence-corrected chi connectivity index (χ0v) is 13.2. The number of hydrogen-bond donors (Lipinski definition) is 2. The molecule has 0 unspecified atom stereocenters. The molecule has 21 heavy (non-hydrogen) atoms. The molecule has 1 aromatic carbocycles. The lowest BCUT2D eigenvalue weighted by Crippen LogP contribution is -2.36. The van der Waals surface area contributed by atoms with Crippen molar-refractivity contribution in [1.82, 2.24) is 10.0 Å². The van der Waals surface area contributed by atoms with Gasteiger partial charge < -0.3 is 5.32 Å². The summed E-state index contributed by atoms with van der Waals surface area (Å²) in [5.41, 5.74) is 0.339. The first kappa shape index (κ1) is 17.3. The average Bonchev–Trinajstić information content (AvgIpc) is 2.43. The van der Waals surface area contributed by atoms with E-state index in [-0.39, 0.29) is 35.6 Å². The normalized spacial score (nSPS) is 11.4. The second-order valence-corrected chi connectivity index (χ2v) is 6.69. The third-order valence-corrected chi connectivity index (χ3v) is 4.25. The summed E-state index contributed by atoms with van der Waals surface area (Å²) in [6, 6.07) is 5.83. The molecule has 1 rings (SSSR count). The first-order chi connectivity index (χ1) is 9.74. The monoisotopic (exact) mass is 312 g/mol. The molecule has 0 spiro atoms. The number of ketones is 1. The number of amides is 1. The maximum atomic E-state index is 12.1. The highest BCUT2D eigenvalue weighted by molar-refractivity contribution is 7.89. The third kappa shape index (κ3) is 5.28. The molecule has 0 aromatic heterocycles. The molecule has 1 amide bonds. The molecular formula is C14H20N2O4S. The number of carbonyl (C=O) groups excluding carboxylic acids is 2. The molecule has 0 radical (unpaired) electrons. The number of carbonyl (C=O) groups is 2. The van der Waals surface area contributed by atoms with Gasteiger partial charge >= 0.3 is 0 Å². The Morgan fingerprint density at radius 3 is 2.43 bits per heavy atom. The van der Waals surface area contributed by atoms with Gasteiger partial charge in [-0.25, -0.2) is 13.1 Å². The number of benzene rings is 1. The van der Waals surface area contributed by atoms with E-state index in [1.54, 1.807) is 19.9 Å². The summed E-state index contributed by atoms with van der Waals surface area (Å²) in [7, 11) is -3.69. The van der Waals surface area contributed by atoms with Crippen LogP contribution < -0.4 is 10.0 Å². The minimum absolute atomic E-state index is 0.0328. The Morgan fingerprint density at radius 2 is 1.86 bits per heavy atom. The molecular weight excluding hydrogens is 292 g/mol. The van der Waals surface area contributed by atoms with Gasteiger partial charge in [-0.15, -0.1) is 0 Å². The van der Waals surface area contributed by atoms with E-state index in [0.717, 1.165) is 0 Å². The number of hydrogen-bond acceptors (Lipinski definition) is 4. The van der Waals surface area contributed by atoms with Crippen LogP contribution >= 0.6 is 0 Å². The molecule has 2 N–H and O–H groups in total. The lowest BCUT2D eigenvalue weighted by molar-refractivity contribution is -0.123. The molecule has 1 aromatic rings. The van der Waals surface area contributed by atoms with E-state index in [4.69, 9.17) is 0 Å². The van der Waals surface area contributed by atoms with Crippen LogP contribution in [0.4, 0.5) is 0 Å². The molecule has 6 nitrogen and oxygen atoms in total. The van der Waals surface area contributed by atoms with E-state index in [0.29, 0.717) is 5.56 Å². The maximum Gasteiger partial charge on any atom is 0.240 e. The van der Waals surface area contributed by atoms with E-state index in [1.807, 2.05) is 0 Å². The topological polar surface area (TPSA) is 92.3 Å². The molecule has 0 aliphatic heterocycles. The average molecular weight is 312 g/mol. The van der Waals surface area contributed by atoms with Crippen LogP contribution in [-0.2, 0) is 14.8 Å². The predicted octanol–water partition coefficient (Wildman–Crippen LogP) is 0.940. The van der Waals surface area contributed by atoms with E-state index >= 15 is 0 Å². The van der Waals surface area contributed by atoms with Crippen molar-refractivity contribution in [2.75, 3.05) is 13.1 Å². The molecule has 0 bridgehead atoms. The quantitative estimate of drug-likeness (QED) is 0.579. The summed E-state index contributed by atoms with van der Waals surface area (Å²) in [5.74, 6) is -0.474. The van der Waals surface area contributed by atoms with Gasteiger partial charge in [-0.3, -0.25) is 9.59 Å². The van der Waals surface area contributed by atoms with Crippen LogP contribution in [-0.4, -0.2) is 33.2 Å². The second kappa shape index (κ2) is 7.33. The molecule has 7 heteroatoms. The molecule has 0 aliphatic carbocycles. The lowest BCUT2D eigenvalue weighted by Gasteiger charge is -2.10. The summed E-state index contributed by atoms with van der Waals surface area (Å²) >= 11 is 0. The largest absolute Gasteiger partial charge is 0.355 e. The van der Waals surface area contributed by atoms with Crippen molar-refractivity contribution in [3.63, 3.8) is 0 Å². The van der Waals surface area contributed by atoms with Crippen LogP contribution in [0.3, 0.4) is 0 Å². The van der Waals surface area contributed by atoms with Crippen molar-refractivity contribution in [2.45, 2.75) is 25.7 Å². The Kier molecular flexibility index (Phi) is 6.04. The van der Waals surface area contributed by atoms with Crippen LogP contribution in [0.15, 0.2) is 29.2 Å². The molecule has 0 aliphatic rings. The van der Waals surface area contributed by atoms with Gasteiger partial charge in [0.1, 0.15) is 0 Å². The van der Waals surface area contributed by atoms with Gasteiger partial charge in [0, 0.05) is 24.6 Å². The second-order valence-electron chi connectivity index (χ2n) is 4.93. The Morgan fingerprint density at radius 1 is 1.19 bits per heavy atom. The van der Waals surface area contributed by atoms with Gasteiger partial charge in [-0.2, -0.15) is 0 Å². The van der Waals surface area contributed by atoms with Gasteiger partial charge in [0.05, 0.1) is 4.90 Å². The fraction of sp³-hybridized carbons (Fsp3) is 0.429. The molecule has 0 fully saturated rings. The van der Waals surface area contributed by atoms with Crippen molar-refractivity contribution < 1.29 is 18.0 Å². The standard InChI is InChI=1S/C14H20N2O4S/c1-10(2)14(18)15-7-8-16-21(19,20)13-6-4-5-12(9-13)11(3)17/h4-6,9-10,16H,7-8H2,1-3H3,(H,15,18). The Labute approximate surface area is 125 Å². The van der Waals surface area contributed by atoms with Crippen LogP contribution in [0.5, 0.6) is 0 Å². The number of rotatable bonds is 7. The van der Waals surface area contributed by atoms with E-state index < -0.39 is 10.0 Å². The minimum Gasteiger partial charge on any atom is -0.355 e. The van der Waals surface area contributed by atoms with Crippen LogP contribution in [0.2, 0.25) is 0 Å². The molecule has 0 saturated heterocycles. The SMILES string of the molecule is CC(=O)c1cccc(S(=O)(=O)NCCNC(=O)C(C)C)c1. The van der Waals surface area contributed by atoms with E-state index in [9.17, 15) is 18.0 Å². The third-order valence-electron chi connectivity index (χ3n) is 2.79. The van der Waals surface area contributed by atoms with Crippen LogP contribution in [0, 0.1) is 5.92 Å². The van der Waals surface area contributed by atoms with Gasteiger partial charge in [-0.05, 0) is 19.1 Å². The molecule has 116 valence electrons. The minimum atomic E-state index is -3.69. The first-order valence-corrected chi connectivity index (χ1v) is 8.10. The van der Waals surface area contributed by atoms with Crippen molar-refractivity contribution >= 4 is 21.7 Å². The lowest BCUT2D eigenvalue weighted by atomic mass is 10.2. The van der Waals surface area contributed by atoms with Crippen molar-refractivity contribution in [2.24, 2.45) is 5.92 Å². The summed E-state index contributed by atoms with van der Waals surface area (Å²) in [6.45, 7) is 5.19. The molecule has 0 heterocycles. The summed E-state index contributed by atoms with van der Waals surface area (Å²) in [6.07, 6.45) is 0. The predicted molar refractivity (Wildman–Crippen MR) is 79.5 cm³/mol. The highest BCUT2D eigenvalue weighted by Crippen LogP contribution is 2.11. The van der Waals surface area contributed by atoms with Gasteiger partial charge in [0.2, 0.25) is 15.9 Å². The summed E-state index contributed by atoms with van der Waals surface area (Å²) < 4.78 is 26.5. The smallest absolute Gasteiger partial charge is 0.240 e. The van der Waals surface area contributed by atoms with Crippen molar-refractivity contribution in [3.05, 3.63) is 29.8 Å². The van der Waals surface area contributed by atoms with Crippen molar-refractivity contribution in [3.8, 4) is 0 Å². The molecule has 0 saturated carbocycles. The molecule has 0 atom stereocenters. The van der Waals surface area contributed by atoms with Crippen LogP contribution in [0.1, 0.15) is 31.1 Å². The Hall–Kier alpha value is -1.73. The summed E-state index contributed by atoms with van der Waals surface area (Å²) in [4.78, 5) is 22.6. The van der Waals surface area contributed by atoms with Gasteiger partial charge in [0.25, 0.3) is 0 Å². The van der Waals surface area contributed by atoms with Crippen molar-refractivity contribution in [1.29, 1.82) is 0 Å². The highest BCUT2D eigenvalue weighted by atomic mass is 32.2. The van der Waals surface area contributed by atoms with Crippen LogP contribution in [0.25, 0.3) is 0 Å². The van der Waals surface area contributed by atoms with Gasteiger partial charge in [-0.1, -0.05) is 26.0 Å². The highest BCUT2D eigenvalue weighted by Gasteiger charge is 2.15.